The lowest BCUT2D eigenvalue weighted by Crippen LogP contribution is -2.25. The Morgan fingerprint density at radius 3 is 2.86 bits per heavy atom. The molecule has 0 bridgehead atoms. The lowest BCUT2D eigenvalue weighted by Gasteiger charge is -2.19. The maximum absolute atomic E-state index is 4.55. The van der Waals surface area contributed by atoms with Gasteiger partial charge in [-0.1, -0.05) is 6.92 Å². The number of hydrogen-bond donors (Lipinski definition) is 1. The van der Waals surface area contributed by atoms with Crippen LogP contribution < -0.4 is 10.2 Å². The van der Waals surface area contributed by atoms with E-state index in [1.54, 1.807) is 11.3 Å². The molecule has 0 aliphatic carbocycles. The van der Waals surface area contributed by atoms with E-state index >= 15 is 0 Å². The number of aromatic nitrogens is 1. The van der Waals surface area contributed by atoms with Gasteiger partial charge in [0, 0.05) is 25.0 Å². The highest BCUT2D eigenvalue weighted by Gasteiger charge is 2.08. The zero-order valence-corrected chi connectivity index (χ0v) is 10.2. The van der Waals surface area contributed by atoms with Gasteiger partial charge in [0.05, 0.1) is 5.69 Å². The molecule has 0 radical (unpaired) electrons. The van der Waals surface area contributed by atoms with Crippen molar-refractivity contribution in [3.05, 3.63) is 11.1 Å². The largest absolute Gasteiger partial charge is 0.349 e. The second-order valence-corrected chi connectivity index (χ2v) is 4.44. The number of thiazole rings is 1. The van der Waals surface area contributed by atoms with E-state index in [1.165, 1.54) is 0 Å². The van der Waals surface area contributed by atoms with Crippen LogP contribution in [0.3, 0.4) is 0 Å². The average Bonchev–Trinajstić information content (AvgIpc) is 2.61. The summed E-state index contributed by atoms with van der Waals surface area (Å²) in [6.07, 6.45) is 0. The number of anilines is 1. The molecule has 4 heteroatoms. The van der Waals surface area contributed by atoms with Crippen LogP contribution in [0, 0.1) is 0 Å². The third kappa shape index (κ3) is 2.96. The number of nitrogens with one attached hydrogen (secondary N) is 1. The first-order valence-electron chi connectivity index (χ1n) is 5.03. The Balaban J connectivity index is 2.58. The van der Waals surface area contributed by atoms with Crippen LogP contribution >= 0.6 is 11.3 Å². The summed E-state index contributed by atoms with van der Waals surface area (Å²) >= 11 is 1.71. The summed E-state index contributed by atoms with van der Waals surface area (Å²) < 4.78 is 0. The van der Waals surface area contributed by atoms with E-state index in [1.807, 2.05) is 0 Å². The monoisotopic (exact) mass is 213 g/mol. The van der Waals surface area contributed by atoms with Crippen molar-refractivity contribution in [2.45, 2.75) is 33.4 Å². The van der Waals surface area contributed by atoms with Crippen molar-refractivity contribution >= 4 is 16.5 Å². The standard InChI is InChI=1S/C10H19N3S/c1-5-11-6-9-7-14-10(12-9)13(4)8(2)3/h7-8,11H,5-6H2,1-4H3. The fraction of sp³-hybridized carbons (Fsp3) is 0.700. The molecular formula is C10H19N3S. The lowest BCUT2D eigenvalue weighted by molar-refractivity contribution is 0.707. The van der Waals surface area contributed by atoms with Gasteiger partial charge in [0.25, 0.3) is 0 Å². The van der Waals surface area contributed by atoms with E-state index in [2.05, 4.69) is 48.4 Å². The molecule has 1 aromatic heterocycles. The van der Waals surface area contributed by atoms with E-state index in [0.29, 0.717) is 6.04 Å². The Bertz CT molecular complexity index is 270. The topological polar surface area (TPSA) is 28.2 Å². The summed E-state index contributed by atoms with van der Waals surface area (Å²) in [5, 5.41) is 6.50. The molecule has 0 fully saturated rings. The first-order valence-corrected chi connectivity index (χ1v) is 5.91. The quantitative estimate of drug-likeness (QED) is 0.812. The molecule has 1 heterocycles. The van der Waals surface area contributed by atoms with E-state index in [4.69, 9.17) is 0 Å². The van der Waals surface area contributed by atoms with E-state index in [9.17, 15) is 0 Å². The van der Waals surface area contributed by atoms with Gasteiger partial charge in [-0.2, -0.15) is 0 Å². The van der Waals surface area contributed by atoms with Gasteiger partial charge >= 0.3 is 0 Å². The third-order valence-corrected chi connectivity index (χ3v) is 3.15. The summed E-state index contributed by atoms with van der Waals surface area (Å²) in [7, 11) is 2.08. The third-order valence-electron chi connectivity index (χ3n) is 2.17. The van der Waals surface area contributed by atoms with Crippen LogP contribution in [0.25, 0.3) is 0 Å². The van der Waals surface area contributed by atoms with Crippen molar-refractivity contribution in [2.24, 2.45) is 0 Å². The Morgan fingerprint density at radius 1 is 1.57 bits per heavy atom. The summed E-state index contributed by atoms with van der Waals surface area (Å²) in [5.74, 6) is 0. The van der Waals surface area contributed by atoms with Crippen LogP contribution in [-0.2, 0) is 6.54 Å². The van der Waals surface area contributed by atoms with Crippen LogP contribution in [0.4, 0.5) is 5.13 Å². The molecule has 0 aliphatic heterocycles. The molecule has 0 aromatic carbocycles. The van der Waals surface area contributed by atoms with Crippen LogP contribution in [0.15, 0.2) is 5.38 Å². The molecule has 0 amide bonds. The van der Waals surface area contributed by atoms with Crippen molar-refractivity contribution in [3.63, 3.8) is 0 Å². The minimum absolute atomic E-state index is 0.508. The van der Waals surface area contributed by atoms with E-state index in [-0.39, 0.29) is 0 Å². The zero-order chi connectivity index (χ0) is 10.6. The second-order valence-electron chi connectivity index (χ2n) is 3.61. The molecule has 1 N–H and O–H groups in total. The molecule has 0 unspecified atom stereocenters. The van der Waals surface area contributed by atoms with Gasteiger partial charge in [-0.25, -0.2) is 4.98 Å². The number of rotatable bonds is 5. The van der Waals surface area contributed by atoms with Gasteiger partial charge in [-0.15, -0.1) is 11.3 Å². The molecule has 0 atom stereocenters. The lowest BCUT2D eigenvalue weighted by atomic mass is 10.4. The maximum atomic E-state index is 4.55. The minimum Gasteiger partial charge on any atom is -0.349 e. The first kappa shape index (κ1) is 11.5. The average molecular weight is 213 g/mol. The Morgan fingerprint density at radius 2 is 2.29 bits per heavy atom. The second kappa shape index (κ2) is 5.32. The minimum atomic E-state index is 0.508. The molecule has 0 saturated heterocycles. The highest BCUT2D eigenvalue weighted by Crippen LogP contribution is 2.20. The molecule has 0 saturated carbocycles. The fourth-order valence-electron chi connectivity index (χ4n) is 1.01. The summed E-state index contributed by atoms with van der Waals surface area (Å²) in [5.41, 5.74) is 1.14. The predicted octanol–water partition coefficient (Wildman–Crippen LogP) is 2.10. The maximum Gasteiger partial charge on any atom is 0.185 e. The van der Waals surface area contributed by atoms with Gasteiger partial charge in [-0.3, -0.25) is 0 Å². The molecule has 1 rings (SSSR count). The molecule has 80 valence electrons. The molecular weight excluding hydrogens is 194 g/mol. The van der Waals surface area contributed by atoms with Gasteiger partial charge in [-0.05, 0) is 20.4 Å². The normalized spacial score (nSPS) is 10.9. The first-order chi connectivity index (χ1) is 6.65. The van der Waals surface area contributed by atoms with E-state index in [0.717, 1.165) is 23.9 Å². The van der Waals surface area contributed by atoms with Gasteiger partial charge in [0.15, 0.2) is 5.13 Å². The molecule has 3 nitrogen and oxygen atoms in total. The molecule has 0 aliphatic rings. The Kier molecular flexibility index (Phi) is 4.35. The van der Waals surface area contributed by atoms with Crippen molar-refractivity contribution in [1.29, 1.82) is 0 Å². The van der Waals surface area contributed by atoms with Crippen LogP contribution in [0.1, 0.15) is 26.5 Å². The van der Waals surface area contributed by atoms with E-state index < -0.39 is 0 Å². The van der Waals surface area contributed by atoms with Crippen molar-refractivity contribution in [2.75, 3.05) is 18.5 Å². The van der Waals surface area contributed by atoms with Crippen LogP contribution in [-0.4, -0.2) is 24.6 Å². The van der Waals surface area contributed by atoms with Crippen LogP contribution in [0.2, 0.25) is 0 Å². The molecule has 0 spiro atoms. The number of nitrogens with zero attached hydrogens (tertiary/aromatic N) is 2. The summed E-state index contributed by atoms with van der Waals surface area (Å²) in [6.45, 7) is 8.32. The highest BCUT2D eigenvalue weighted by molar-refractivity contribution is 7.13. The van der Waals surface area contributed by atoms with Crippen molar-refractivity contribution in [3.8, 4) is 0 Å². The van der Waals surface area contributed by atoms with Gasteiger partial charge < -0.3 is 10.2 Å². The van der Waals surface area contributed by atoms with Crippen LogP contribution in [0.5, 0.6) is 0 Å². The molecule has 14 heavy (non-hydrogen) atoms. The van der Waals surface area contributed by atoms with Gasteiger partial charge in [0.1, 0.15) is 0 Å². The Hall–Kier alpha value is -0.610. The summed E-state index contributed by atoms with van der Waals surface area (Å²) in [4.78, 5) is 6.75. The molecule has 1 aromatic rings. The SMILES string of the molecule is CCNCc1csc(N(C)C(C)C)n1. The summed E-state index contributed by atoms with van der Waals surface area (Å²) in [6, 6.07) is 0.508. The predicted molar refractivity (Wildman–Crippen MR) is 63.0 cm³/mol. The highest BCUT2D eigenvalue weighted by atomic mass is 32.1. The van der Waals surface area contributed by atoms with Gasteiger partial charge in [0.2, 0.25) is 0 Å². The van der Waals surface area contributed by atoms with Crippen molar-refractivity contribution in [1.82, 2.24) is 10.3 Å². The fourth-order valence-corrected chi connectivity index (χ4v) is 1.94. The zero-order valence-electron chi connectivity index (χ0n) is 9.37. The Labute approximate surface area is 90.2 Å². The van der Waals surface area contributed by atoms with Crippen molar-refractivity contribution < 1.29 is 0 Å². The smallest absolute Gasteiger partial charge is 0.185 e. The number of hydrogen-bond acceptors (Lipinski definition) is 4.